The van der Waals surface area contributed by atoms with Gasteiger partial charge in [0.2, 0.25) is 15.9 Å². The van der Waals surface area contributed by atoms with Crippen LogP contribution in [0.1, 0.15) is 19.8 Å². The molecule has 1 amide bonds. The van der Waals surface area contributed by atoms with Gasteiger partial charge >= 0.3 is 0 Å². The third-order valence-corrected chi connectivity index (χ3v) is 4.40. The second kappa shape index (κ2) is 5.60. The topological polar surface area (TPSA) is 101 Å². The monoisotopic (exact) mass is 249 g/mol. The minimum atomic E-state index is -3.34. The van der Waals surface area contributed by atoms with Crippen molar-refractivity contribution in [2.45, 2.75) is 25.0 Å². The van der Waals surface area contributed by atoms with E-state index in [9.17, 15) is 13.2 Å². The number of sulfonamides is 1. The highest BCUT2D eigenvalue weighted by Crippen LogP contribution is 2.28. The summed E-state index contributed by atoms with van der Waals surface area (Å²) in [4.78, 5) is 11.2. The highest BCUT2D eigenvalue weighted by molar-refractivity contribution is 7.90. The molecule has 0 aliphatic heterocycles. The zero-order chi connectivity index (χ0) is 12.2. The summed E-state index contributed by atoms with van der Waals surface area (Å²) in [6, 6.07) is 0. The molecule has 1 aliphatic rings. The van der Waals surface area contributed by atoms with Crippen LogP contribution in [0.3, 0.4) is 0 Å². The molecule has 6 nitrogen and oxygen atoms in total. The van der Waals surface area contributed by atoms with Crippen molar-refractivity contribution >= 4 is 15.9 Å². The fourth-order valence-corrected chi connectivity index (χ4v) is 2.06. The second-order valence-electron chi connectivity index (χ2n) is 4.05. The smallest absolute Gasteiger partial charge is 0.223 e. The van der Waals surface area contributed by atoms with Crippen LogP contribution in [-0.4, -0.2) is 39.2 Å². The Morgan fingerprint density at radius 2 is 2.06 bits per heavy atom. The van der Waals surface area contributed by atoms with Crippen molar-refractivity contribution in [3.05, 3.63) is 0 Å². The summed E-state index contributed by atoms with van der Waals surface area (Å²) in [5, 5.41) is 2.07. The van der Waals surface area contributed by atoms with E-state index < -0.39 is 15.3 Å². The summed E-state index contributed by atoms with van der Waals surface area (Å²) >= 11 is 0. The van der Waals surface area contributed by atoms with Gasteiger partial charge in [-0.1, -0.05) is 0 Å². The van der Waals surface area contributed by atoms with Gasteiger partial charge in [0.25, 0.3) is 0 Å². The number of nitrogens with two attached hydrogens (primary N) is 1. The molecule has 16 heavy (non-hydrogen) atoms. The van der Waals surface area contributed by atoms with Crippen LogP contribution in [0.15, 0.2) is 0 Å². The maximum absolute atomic E-state index is 11.4. The summed E-state index contributed by atoms with van der Waals surface area (Å²) in [5.41, 5.74) is 5.27. The van der Waals surface area contributed by atoms with Gasteiger partial charge in [-0.05, 0) is 19.8 Å². The van der Waals surface area contributed by atoms with Crippen LogP contribution >= 0.6 is 0 Å². The summed E-state index contributed by atoms with van der Waals surface area (Å²) in [6.07, 6.45) is 1.89. The lowest BCUT2D eigenvalue weighted by Crippen LogP contribution is -2.41. The number of carbonyl (C=O) groups excluding carboxylic acids is 1. The van der Waals surface area contributed by atoms with E-state index >= 15 is 0 Å². The van der Waals surface area contributed by atoms with Crippen LogP contribution in [0.5, 0.6) is 0 Å². The molecule has 0 heterocycles. The fraction of sp³-hybridized carbons (Fsp3) is 0.889. The molecule has 94 valence electrons. The van der Waals surface area contributed by atoms with E-state index in [0.717, 1.165) is 12.8 Å². The first-order chi connectivity index (χ1) is 7.47. The number of carbonyl (C=O) groups is 1. The molecular weight excluding hydrogens is 230 g/mol. The van der Waals surface area contributed by atoms with Gasteiger partial charge in [-0.15, -0.1) is 0 Å². The maximum atomic E-state index is 11.4. The molecule has 4 N–H and O–H groups in total. The van der Waals surface area contributed by atoms with Gasteiger partial charge < -0.3 is 11.1 Å². The summed E-state index contributed by atoms with van der Waals surface area (Å²) in [7, 11) is -3.34. The Balaban J connectivity index is 2.16. The Labute approximate surface area is 96.0 Å². The van der Waals surface area contributed by atoms with E-state index in [2.05, 4.69) is 10.0 Å². The lowest BCUT2D eigenvalue weighted by atomic mass is 10.4. The molecule has 0 bridgehead atoms. The predicted octanol–water partition coefficient (Wildman–Crippen LogP) is -1.22. The predicted molar refractivity (Wildman–Crippen MR) is 61.2 cm³/mol. The molecule has 0 aromatic rings. The van der Waals surface area contributed by atoms with Crippen molar-refractivity contribution in [2.75, 3.05) is 19.6 Å². The Morgan fingerprint density at radius 1 is 1.44 bits per heavy atom. The lowest BCUT2D eigenvalue weighted by molar-refractivity contribution is -0.122. The van der Waals surface area contributed by atoms with Crippen LogP contribution in [0.4, 0.5) is 0 Å². The zero-order valence-corrected chi connectivity index (χ0v) is 10.2. The molecule has 7 heteroatoms. The zero-order valence-electron chi connectivity index (χ0n) is 9.40. The number of nitrogens with one attached hydrogen (secondary N) is 2. The number of rotatable bonds is 7. The van der Waals surface area contributed by atoms with E-state index in [1.165, 1.54) is 0 Å². The molecule has 1 atom stereocenters. The Kier molecular flexibility index (Phi) is 4.69. The number of amides is 1. The first-order valence-electron chi connectivity index (χ1n) is 5.43. The highest BCUT2D eigenvalue weighted by atomic mass is 32.2. The van der Waals surface area contributed by atoms with Crippen LogP contribution in [-0.2, 0) is 14.8 Å². The van der Waals surface area contributed by atoms with Crippen molar-refractivity contribution in [1.82, 2.24) is 10.0 Å². The van der Waals surface area contributed by atoms with Crippen molar-refractivity contribution in [3.8, 4) is 0 Å². The van der Waals surface area contributed by atoms with E-state index in [4.69, 9.17) is 5.73 Å². The SMILES string of the molecule is CC(CN)S(=O)(=O)NCCNC(=O)C1CC1. The van der Waals surface area contributed by atoms with Gasteiger partial charge in [-0.3, -0.25) is 4.79 Å². The van der Waals surface area contributed by atoms with Crippen LogP contribution < -0.4 is 15.8 Å². The first-order valence-corrected chi connectivity index (χ1v) is 6.98. The molecule has 1 saturated carbocycles. The van der Waals surface area contributed by atoms with E-state index in [0.29, 0.717) is 6.54 Å². The lowest BCUT2D eigenvalue weighted by Gasteiger charge is -2.11. The molecule has 1 fully saturated rings. The van der Waals surface area contributed by atoms with Crippen molar-refractivity contribution in [1.29, 1.82) is 0 Å². The molecule has 1 aliphatic carbocycles. The quantitative estimate of drug-likeness (QED) is 0.492. The maximum Gasteiger partial charge on any atom is 0.223 e. The Morgan fingerprint density at radius 3 is 2.56 bits per heavy atom. The Hall–Kier alpha value is -0.660. The van der Waals surface area contributed by atoms with Crippen LogP contribution in [0.25, 0.3) is 0 Å². The number of hydrogen-bond donors (Lipinski definition) is 3. The van der Waals surface area contributed by atoms with Crippen LogP contribution in [0, 0.1) is 5.92 Å². The molecule has 0 aromatic heterocycles. The van der Waals surface area contributed by atoms with Crippen molar-refractivity contribution in [3.63, 3.8) is 0 Å². The average molecular weight is 249 g/mol. The molecular formula is C9H19N3O3S. The third kappa shape index (κ3) is 4.07. The summed E-state index contributed by atoms with van der Waals surface area (Å²) < 4.78 is 25.3. The highest BCUT2D eigenvalue weighted by Gasteiger charge is 2.29. The molecule has 0 aromatic carbocycles. The van der Waals surface area contributed by atoms with Gasteiger partial charge in [-0.2, -0.15) is 0 Å². The van der Waals surface area contributed by atoms with Gasteiger partial charge in [0.1, 0.15) is 0 Å². The minimum absolute atomic E-state index is 0.0195. The van der Waals surface area contributed by atoms with Gasteiger partial charge in [0.05, 0.1) is 5.25 Å². The summed E-state index contributed by atoms with van der Waals surface area (Å²) in [5.74, 6) is 0.172. The van der Waals surface area contributed by atoms with E-state index in [-0.39, 0.29) is 24.9 Å². The average Bonchev–Trinajstić information content (AvgIpc) is 3.06. The molecule has 1 rings (SSSR count). The molecule has 0 spiro atoms. The molecule has 1 unspecified atom stereocenters. The van der Waals surface area contributed by atoms with E-state index in [1.54, 1.807) is 6.92 Å². The fourth-order valence-electron chi connectivity index (χ4n) is 1.14. The number of hydrogen-bond acceptors (Lipinski definition) is 4. The Bertz CT molecular complexity index is 338. The van der Waals surface area contributed by atoms with E-state index in [1.807, 2.05) is 0 Å². The van der Waals surface area contributed by atoms with Gasteiger partial charge in [0.15, 0.2) is 0 Å². The third-order valence-electron chi connectivity index (χ3n) is 2.54. The van der Waals surface area contributed by atoms with Crippen molar-refractivity contribution in [2.24, 2.45) is 11.7 Å². The minimum Gasteiger partial charge on any atom is -0.355 e. The summed E-state index contributed by atoms with van der Waals surface area (Å²) in [6.45, 7) is 2.17. The second-order valence-corrected chi connectivity index (χ2v) is 6.23. The standard InChI is InChI=1S/C9H19N3O3S/c1-7(6-10)16(14,15)12-5-4-11-9(13)8-2-3-8/h7-8,12H,2-6,10H2,1H3,(H,11,13). The first kappa shape index (κ1) is 13.4. The largest absolute Gasteiger partial charge is 0.355 e. The normalized spacial score (nSPS) is 18.1. The van der Waals surface area contributed by atoms with Crippen LogP contribution in [0.2, 0.25) is 0 Å². The van der Waals surface area contributed by atoms with Crippen molar-refractivity contribution < 1.29 is 13.2 Å². The molecule has 0 saturated heterocycles. The van der Waals surface area contributed by atoms with Gasteiger partial charge in [0, 0.05) is 25.6 Å². The van der Waals surface area contributed by atoms with Gasteiger partial charge in [-0.25, -0.2) is 13.1 Å². The molecule has 0 radical (unpaired) electrons.